The van der Waals surface area contributed by atoms with Gasteiger partial charge >= 0.3 is 6.18 Å². The van der Waals surface area contributed by atoms with E-state index in [2.05, 4.69) is 0 Å². The van der Waals surface area contributed by atoms with Crippen molar-refractivity contribution in [1.82, 2.24) is 0 Å². The minimum atomic E-state index is -4.50. The molecular weight excluding hydrogens is 323 g/mol. The smallest absolute Gasteiger partial charge is 0.373 e. The number of halogens is 3. The number of nitrogens with zero attached hydrogens (tertiary/aromatic N) is 1. The molecule has 130 valence electrons. The molecule has 7 heteroatoms. The average Bonchev–Trinajstić information content (AvgIpc) is 3.03. The van der Waals surface area contributed by atoms with Gasteiger partial charge in [-0.2, -0.15) is 13.2 Å². The van der Waals surface area contributed by atoms with Crippen molar-refractivity contribution < 1.29 is 27.8 Å². The molecule has 4 rings (SSSR count). The Morgan fingerprint density at radius 2 is 1.92 bits per heavy atom. The Balaban J connectivity index is 1.76. The summed E-state index contributed by atoms with van der Waals surface area (Å²) in [7, 11) is 0. The number of amides is 1. The molecular formula is C17H18F3NO3. The van der Waals surface area contributed by atoms with E-state index in [-0.39, 0.29) is 11.6 Å². The number of anilines is 1. The van der Waals surface area contributed by atoms with Crippen molar-refractivity contribution >= 4 is 11.6 Å². The lowest BCUT2D eigenvalue weighted by Crippen LogP contribution is -2.43. The van der Waals surface area contributed by atoms with Gasteiger partial charge in [0.2, 0.25) is 5.91 Å². The van der Waals surface area contributed by atoms with Crippen molar-refractivity contribution in [2.24, 2.45) is 11.8 Å². The lowest BCUT2D eigenvalue weighted by atomic mass is 9.69. The highest BCUT2D eigenvalue weighted by atomic mass is 19.4. The third-order valence-corrected chi connectivity index (χ3v) is 5.85. The summed E-state index contributed by atoms with van der Waals surface area (Å²) in [5.74, 6) is -1.32. The van der Waals surface area contributed by atoms with Gasteiger partial charge in [-0.25, -0.2) is 0 Å². The van der Waals surface area contributed by atoms with E-state index in [0.717, 1.165) is 23.5 Å². The largest absolute Gasteiger partial charge is 0.416 e. The summed E-state index contributed by atoms with van der Waals surface area (Å²) in [5, 5.41) is 10.7. The Morgan fingerprint density at radius 3 is 2.54 bits per heavy atom. The zero-order valence-electron chi connectivity index (χ0n) is 13.3. The molecule has 1 aromatic carbocycles. The van der Waals surface area contributed by atoms with Gasteiger partial charge < -0.3 is 9.84 Å². The van der Waals surface area contributed by atoms with E-state index in [9.17, 15) is 23.1 Å². The Labute approximate surface area is 137 Å². The number of carbonyl (C=O) groups excluding carboxylic acids is 1. The normalized spacial score (nSPS) is 41.2. The van der Waals surface area contributed by atoms with Crippen LogP contribution in [0.3, 0.4) is 0 Å². The Kier molecular flexibility index (Phi) is 2.99. The van der Waals surface area contributed by atoms with Gasteiger partial charge in [0.1, 0.15) is 6.23 Å². The van der Waals surface area contributed by atoms with Crippen LogP contribution in [0.4, 0.5) is 18.9 Å². The third-order valence-electron chi connectivity index (χ3n) is 5.85. The van der Waals surface area contributed by atoms with Crippen LogP contribution >= 0.6 is 0 Å². The van der Waals surface area contributed by atoms with Gasteiger partial charge in [-0.1, -0.05) is 6.07 Å². The van der Waals surface area contributed by atoms with E-state index >= 15 is 0 Å². The van der Waals surface area contributed by atoms with Crippen LogP contribution in [0, 0.1) is 11.8 Å². The second-order valence-electron chi connectivity index (χ2n) is 7.40. The highest BCUT2D eigenvalue weighted by Crippen LogP contribution is 2.62. The number of carbonyl (C=O) groups is 1. The predicted octanol–water partition coefficient (Wildman–Crippen LogP) is 2.94. The van der Waals surface area contributed by atoms with Crippen LogP contribution in [0.25, 0.3) is 0 Å². The molecule has 3 fully saturated rings. The number of benzene rings is 1. The summed E-state index contributed by atoms with van der Waals surface area (Å²) in [5.41, 5.74) is -2.05. The van der Waals surface area contributed by atoms with Gasteiger partial charge in [-0.15, -0.1) is 0 Å². The Bertz CT molecular complexity index is 721. The first kappa shape index (κ1) is 15.9. The highest BCUT2D eigenvalue weighted by Gasteiger charge is 2.72. The molecule has 24 heavy (non-hydrogen) atoms. The van der Waals surface area contributed by atoms with Gasteiger partial charge in [0, 0.05) is 11.6 Å². The maximum Gasteiger partial charge on any atom is 0.416 e. The fourth-order valence-electron chi connectivity index (χ4n) is 4.77. The molecule has 3 saturated heterocycles. The van der Waals surface area contributed by atoms with Gasteiger partial charge in [0.05, 0.1) is 22.7 Å². The van der Waals surface area contributed by atoms with Gasteiger partial charge in [-0.05, 0) is 44.9 Å². The van der Waals surface area contributed by atoms with Crippen molar-refractivity contribution in [1.29, 1.82) is 0 Å². The molecule has 4 nitrogen and oxygen atoms in total. The van der Waals surface area contributed by atoms with Crippen LogP contribution in [-0.4, -0.2) is 28.4 Å². The SMILES string of the molecule is C[C@]12CC[C@](C)(O1)C1[C@@H](O)N(c3cccc(C(F)(F)F)c3)C(=O)[C@@H]12. The molecule has 3 heterocycles. The molecule has 0 aromatic heterocycles. The molecule has 0 saturated carbocycles. The molecule has 0 radical (unpaired) electrons. The zero-order chi connectivity index (χ0) is 17.5. The molecule has 5 atom stereocenters. The number of hydrogen-bond acceptors (Lipinski definition) is 3. The van der Waals surface area contributed by atoms with Gasteiger partial charge in [0.15, 0.2) is 0 Å². The summed E-state index contributed by atoms with van der Waals surface area (Å²) in [6.45, 7) is 3.72. The fourth-order valence-corrected chi connectivity index (χ4v) is 4.77. The summed E-state index contributed by atoms with van der Waals surface area (Å²) < 4.78 is 44.9. The van der Waals surface area contributed by atoms with Crippen molar-refractivity contribution in [2.75, 3.05) is 4.90 Å². The number of ether oxygens (including phenoxy) is 1. The fraction of sp³-hybridized carbons (Fsp3) is 0.588. The third kappa shape index (κ3) is 1.91. The lowest BCUT2D eigenvalue weighted by Gasteiger charge is -2.32. The maximum atomic E-state index is 13.0. The quantitative estimate of drug-likeness (QED) is 0.854. The first-order valence-corrected chi connectivity index (χ1v) is 7.95. The van der Waals surface area contributed by atoms with Crippen LogP contribution in [0.2, 0.25) is 0 Å². The molecule has 1 unspecified atom stereocenters. The van der Waals surface area contributed by atoms with Gasteiger partial charge in [-0.3, -0.25) is 9.69 Å². The monoisotopic (exact) mass is 341 g/mol. The van der Waals surface area contributed by atoms with Crippen molar-refractivity contribution in [3.05, 3.63) is 29.8 Å². The molecule has 0 spiro atoms. The van der Waals surface area contributed by atoms with E-state index < -0.39 is 41.0 Å². The van der Waals surface area contributed by atoms with Crippen LogP contribution in [0.1, 0.15) is 32.3 Å². The molecule has 3 aliphatic heterocycles. The van der Waals surface area contributed by atoms with Crippen LogP contribution in [0.15, 0.2) is 24.3 Å². The number of alkyl halides is 3. The van der Waals surface area contributed by atoms with Crippen molar-refractivity contribution in [3.8, 4) is 0 Å². The number of hydrogen-bond donors (Lipinski definition) is 1. The molecule has 1 aromatic rings. The first-order valence-electron chi connectivity index (χ1n) is 7.95. The molecule has 0 aliphatic carbocycles. The van der Waals surface area contributed by atoms with E-state index in [4.69, 9.17) is 4.74 Å². The van der Waals surface area contributed by atoms with Crippen LogP contribution in [-0.2, 0) is 15.7 Å². The first-order chi connectivity index (χ1) is 11.1. The summed E-state index contributed by atoms with van der Waals surface area (Å²) >= 11 is 0. The van der Waals surface area contributed by atoms with E-state index in [1.54, 1.807) is 0 Å². The molecule has 1 N–H and O–H groups in total. The van der Waals surface area contributed by atoms with Crippen LogP contribution in [0.5, 0.6) is 0 Å². The Hall–Kier alpha value is -1.60. The molecule has 1 amide bonds. The number of aliphatic hydroxyl groups excluding tert-OH is 1. The number of fused-ring (bicyclic) bond motifs is 5. The summed E-state index contributed by atoms with van der Waals surface area (Å²) in [4.78, 5) is 14.0. The van der Waals surface area contributed by atoms with E-state index in [1.807, 2.05) is 13.8 Å². The summed E-state index contributed by atoms with van der Waals surface area (Å²) in [6.07, 6.45) is -4.25. The molecule has 3 aliphatic rings. The highest BCUT2D eigenvalue weighted by molar-refractivity contribution is 5.99. The van der Waals surface area contributed by atoms with Crippen molar-refractivity contribution in [2.45, 2.75) is 50.3 Å². The number of rotatable bonds is 1. The predicted molar refractivity (Wildman–Crippen MR) is 79.0 cm³/mol. The maximum absolute atomic E-state index is 13.0. The minimum absolute atomic E-state index is 0.0725. The van der Waals surface area contributed by atoms with Crippen molar-refractivity contribution in [3.63, 3.8) is 0 Å². The Morgan fingerprint density at radius 1 is 1.25 bits per heavy atom. The molecule has 2 bridgehead atoms. The minimum Gasteiger partial charge on any atom is -0.373 e. The van der Waals surface area contributed by atoms with E-state index in [0.29, 0.717) is 6.42 Å². The number of aliphatic hydroxyl groups is 1. The van der Waals surface area contributed by atoms with E-state index in [1.165, 1.54) is 12.1 Å². The van der Waals surface area contributed by atoms with Gasteiger partial charge in [0.25, 0.3) is 0 Å². The topological polar surface area (TPSA) is 49.8 Å². The zero-order valence-corrected chi connectivity index (χ0v) is 13.3. The second kappa shape index (κ2) is 4.52. The average molecular weight is 341 g/mol. The lowest BCUT2D eigenvalue weighted by molar-refractivity contribution is -0.137. The van der Waals surface area contributed by atoms with Crippen LogP contribution < -0.4 is 4.90 Å². The summed E-state index contributed by atoms with van der Waals surface area (Å²) in [6, 6.07) is 4.54. The standard InChI is InChI=1S/C17H18F3NO3/c1-15-6-7-16(2,24-15)12-11(15)13(22)21(14(12)23)10-5-3-4-9(8-10)17(18,19)20/h3-5,8,11-13,22H,6-7H2,1-2H3/t11?,12-,13-,15+,16-/m1/s1. The second-order valence-corrected chi connectivity index (χ2v) is 7.40.